The number of nitrogens with zero attached hydrogens (tertiary/aromatic N) is 3. The first kappa shape index (κ1) is 15.2. The molecule has 4 heterocycles. The molecule has 25 heavy (non-hydrogen) atoms. The van der Waals surface area contributed by atoms with Crippen molar-refractivity contribution in [2.45, 2.75) is 20.4 Å². The van der Waals surface area contributed by atoms with Crippen molar-refractivity contribution in [3.63, 3.8) is 0 Å². The van der Waals surface area contributed by atoms with Gasteiger partial charge in [-0.3, -0.25) is 0 Å². The molecule has 0 spiro atoms. The molecule has 0 atom stereocenters. The van der Waals surface area contributed by atoms with Gasteiger partial charge in [0, 0.05) is 12.3 Å². The molecule has 0 amide bonds. The lowest BCUT2D eigenvalue weighted by Crippen LogP contribution is -2.04. The van der Waals surface area contributed by atoms with Gasteiger partial charge in [0.15, 0.2) is 11.5 Å². The molecule has 1 N–H and O–H groups in total. The normalized spacial score (nSPS) is 11.0. The summed E-state index contributed by atoms with van der Waals surface area (Å²) in [5.74, 6) is 3.32. The Bertz CT molecular complexity index is 986. The van der Waals surface area contributed by atoms with E-state index >= 15 is 0 Å². The number of hydrogen-bond donors (Lipinski definition) is 1. The van der Waals surface area contributed by atoms with Gasteiger partial charge < -0.3 is 18.7 Å². The molecule has 0 aliphatic rings. The summed E-state index contributed by atoms with van der Waals surface area (Å²) in [4.78, 5) is 8.96. The van der Waals surface area contributed by atoms with E-state index in [0.29, 0.717) is 29.7 Å². The van der Waals surface area contributed by atoms with Crippen LogP contribution >= 0.6 is 0 Å². The summed E-state index contributed by atoms with van der Waals surface area (Å²) in [6.45, 7) is 4.24. The number of furan rings is 2. The lowest BCUT2D eigenvalue weighted by atomic mass is 10.1. The average molecular weight is 336 g/mol. The lowest BCUT2D eigenvalue weighted by Gasteiger charge is -2.07. The third kappa shape index (κ3) is 3.16. The van der Waals surface area contributed by atoms with Crippen LogP contribution in [0.4, 0.5) is 5.95 Å². The van der Waals surface area contributed by atoms with Gasteiger partial charge in [-0.1, -0.05) is 5.16 Å². The van der Waals surface area contributed by atoms with E-state index in [9.17, 15) is 0 Å². The average Bonchev–Trinajstić information content (AvgIpc) is 3.35. The Hall–Kier alpha value is -3.35. The zero-order chi connectivity index (χ0) is 17.2. The Kier molecular flexibility index (Phi) is 3.81. The standard InChI is InChI=1S/C18H16N4O3/c1-11-8-16(25-22-11)14-10-20-18(19-9-13-4-3-7-23-13)21-17(14)15-6-5-12(2)24-15/h3-8,10H,9H2,1-2H3,(H,19,20,21). The van der Waals surface area contributed by atoms with Crippen LogP contribution in [0.15, 0.2) is 56.1 Å². The minimum atomic E-state index is 0.473. The van der Waals surface area contributed by atoms with Crippen LogP contribution in [0, 0.1) is 13.8 Å². The molecule has 4 aromatic rings. The SMILES string of the molecule is Cc1cc(-c2cnc(NCc3ccco3)nc2-c2ccc(C)o2)on1. The van der Waals surface area contributed by atoms with Crippen molar-refractivity contribution in [1.29, 1.82) is 0 Å². The Morgan fingerprint density at radius 3 is 2.72 bits per heavy atom. The summed E-state index contributed by atoms with van der Waals surface area (Å²) in [6.07, 6.45) is 3.33. The number of rotatable bonds is 5. The highest BCUT2D eigenvalue weighted by Gasteiger charge is 2.17. The summed E-state index contributed by atoms with van der Waals surface area (Å²) >= 11 is 0. The zero-order valence-corrected chi connectivity index (χ0v) is 13.8. The molecular formula is C18H16N4O3. The second-order valence-corrected chi connectivity index (χ2v) is 5.63. The van der Waals surface area contributed by atoms with Crippen molar-refractivity contribution in [1.82, 2.24) is 15.1 Å². The number of aryl methyl sites for hydroxylation is 2. The molecule has 0 fully saturated rings. The number of aromatic nitrogens is 3. The van der Waals surface area contributed by atoms with Gasteiger partial charge in [0.05, 0.1) is 24.1 Å². The first-order valence-corrected chi connectivity index (χ1v) is 7.83. The van der Waals surface area contributed by atoms with Gasteiger partial charge in [0.25, 0.3) is 0 Å². The minimum Gasteiger partial charge on any atom is -0.467 e. The lowest BCUT2D eigenvalue weighted by molar-refractivity contribution is 0.427. The largest absolute Gasteiger partial charge is 0.467 e. The third-order valence-electron chi connectivity index (χ3n) is 3.66. The fourth-order valence-electron chi connectivity index (χ4n) is 2.47. The fraction of sp³-hybridized carbons (Fsp3) is 0.167. The minimum absolute atomic E-state index is 0.473. The van der Waals surface area contributed by atoms with Gasteiger partial charge in [-0.2, -0.15) is 0 Å². The van der Waals surface area contributed by atoms with Crippen LogP contribution in [-0.2, 0) is 6.54 Å². The van der Waals surface area contributed by atoms with E-state index in [-0.39, 0.29) is 0 Å². The summed E-state index contributed by atoms with van der Waals surface area (Å²) in [6, 6.07) is 9.33. The quantitative estimate of drug-likeness (QED) is 0.583. The van der Waals surface area contributed by atoms with Crippen LogP contribution in [0.1, 0.15) is 17.2 Å². The maximum Gasteiger partial charge on any atom is 0.223 e. The summed E-state index contributed by atoms with van der Waals surface area (Å²) < 4.78 is 16.4. The second-order valence-electron chi connectivity index (χ2n) is 5.63. The van der Waals surface area contributed by atoms with Crippen molar-refractivity contribution >= 4 is 5.95 Å². The van der Waals surface area contributed by atoms with Crippen LogP contribution < -0.4 is 5.32 Å². The maximum absolute atomic E-state index is 5.75. The molecule has 0 saturated heterocycles. The zero-order valence-electron chi connectivity index (χ0n) is 13.8. The van der Waals surface area contributed by atoms with Gasteiger partial charge >= 0.3 is 0 Å². The van der Waals surface area contributed by atoms with Crippen LogP contribution in [0.5, 0.6) is 0 Å². The Labute approximate surface area is 143 Å². The van der Waals surface area contributed by atoms with Crippen LogP contribution in [0.25, 0.3) is 22.8 Å². The fourth-order valence-corrected chi connectivity index (χ4v) is 2.47. The predicted molar refractivity (Wildman–Crippen MR) is 90.7 cm³/mol. The van der Waals surface area contributed by atoms with E-state index in [2.05, 4.69) is 20.4 Å². The van der Waals surface area contributed by atoms with E-state index < -0.39 is 0 Å². The summed E-state index contributed by atoms with van der Waals surface area (Å²) in [5.41, 5.74) is 2.15. The third-order valence-corrected chi connectivity index (χ3v) is 3.66. The van der Waals surface area contributed by atoms with Gasteiger partial charge in [0.2, 0.25) is 5.95 Å². The predicted octanol–water partition coefficient (Wildman–Crippen LogP) is 4.21. The maximum atomic E-state index is 5.75. The first-order valence-electron chi connectivity index (χ1n) is 7.83. The Balaban J connectivity index is 1.71. The van der Waals surface area contributed by atoms with Crippen molar-refractivity contribution in [2.75, 3.05) is 5.32 Å². The van der Waals surface area contributed by atoms with Crippen LogP contribution in [0.2, 0.25) is 0 Å². The molecule has 0 saturated carbocycles. The highest BCUT2D eigenvalue weighted by atomic mass is 16.5. The molecule has 7 heteroatoms. The van der Waals surface area contributed by atoms with Gasteiger partial charge in [0.1, 0.15) is 17.2 Å². The molecule has 126 valence electrons. The van der Waals surface area contributed by atoms with Gasteiger partial charge in [-0.25, -0.2) is 9.97 Å². The molecule has 0 radical (unpaired) electrons. The topological polar surface area (TPSA) is 90.1 Å². The number of anilines is 1. The van der Waals surface area contributed by atoms with Crippen LogP contribution in [0.3, 0.4) is 0 Å². The molecule has 0 bridgehead atoms. The first-order chi connectivity index (χ1) is 12.2. The molecule has 4 aromatic heterocycles. The summed E-state index contributed by atoms with van der Waals surface area (Å²) in [7, 11) is 0. The van der Waals surface area contributed by atoms with E-state index in [1.807, 2.05) is 44.2 Å². The highest BCUT2D eigenvalue weighted by Crippen LogP contribution is 2.32. The molecule has 0 unspecified atom stereocenters. The van der Waals surface area contributed by atoms with E-state index in [1.54, 1.807) is 12.5 Å². The molecule has 4 rings (SSSR count). The van der Waals surface area contributed by atoms with Crippen molar-refractivity contribution in [3.05, 3.63) is 60.0 Å². The monoisotopic (exact) mass is 336 g/mol. The molecule has 7 nitrogen and oxygen atoms in total. The number of hydrogen-bond acceptors (Lipinski definition) is 7. The highest BCUT2D eigenvalue weighted by molar-refractivity contribution is 5.75. The molecule has 0 aliphatic heterocycles. The summed E-state index contributed by atoms with van der Waals surface area (Å²) in [5, 5.41) is 7.08. The Morgan fingerprint density at radius 2 is 2.04 bits per heavy atom. The van der Waals surface area contributed by atoms with Gasteiger partial charge in [-0.15, -0.1) is 0 Å². The van der Waals surface area contributed by atoms with E-state index in [0.717, 1.165) is 22.8 Å². The van der Waals surface area contributed by atoms with Crippen molar-refractivity contribution < 1.29 is 13.4 Å². The second kappa shape index (κ2) is 6.27. The molecular weight excluding hydrogens is 320 g/mol. The molecule has 0 aliphatic carbocycles. The van der Waals surface area contributed by atoms with Crippen molar-refractivity contribution in [3.8, 4) is 22.8 Å². The van der Waals surface area contributed by atoms with Crippen molar-refractivity contribution in [2.24, 2.45) is 0 Å². The van der Waals surface area contributed by atoms with E-state index in [1.165, 1.54) is 0 Å². The van der Waals surface area contributed by atoms with Crippen LogP contribution in [-0.4, -0.2) is 15.1 Å². The Morgan fingerprint density at radius 1 is 1.12 bits per heavy atom. The number of nitrogens with one attached hydrogen (secondary N) is 1. The van der Waals surface area contributed by atoms with Gasteiger partial charge in [-0.05, 0) is 38.1 Å². The molecule has 0 aromatic carbocycles. The van der Waals surface area contributed by atoms with E-state index in [4.69, 9.17) is 13.4 Å². The smallest absolute Gasteiger partial charge is 0.223 e.